The van der Waals surface area contributed by atoms with Crippen LogP contribution in [0, 0.1) is 6.92 Å². The van der Waals surface area contributed by atoms with Crippen LogP contribution in [0.15, 0.2) is 59.7 Å². The van der Waals surface area contributed by atoms with Crippen molar-refractivity contribution in [1.29, 1.82) is 0 Å². The third-order valence-electron chi connectivity index (χ3n) is 4.55. The molecule has 2 heterocycles. The summed E-state index contributed by atoms with van der Waals surface area (Å²) in [5.74, 6) is 0.574. The number of rotatable bonds is 6. The van der Waals surface area contributed by atoms with E-state index in [0.29, 0.717) is 23.5 Å². The fourth-order valence-electron chi connectivity index (χ4n) is 3.02. The second kappa shape index (κ2) is 8.61. The van der Waals surface area contributed by atoms with Crippen LogP contribution < -0.4 is 10.9 Å². The molecule has 6 nitrogen and oxygen atoms in total. The molecule has 6 heteroatoms. The lowest BCUT2D eigenvalue weighted by Gasteiger charge is -2.20. The highest BCUT2D eigenvalue weighted by Crippen LogP contribution is 2.19. The number of aromatic amines is 1. The van der Waals surface area contributed by atoms with Crippen molar-refractivity contribution in [2.75, 3.05) is 0 Å². The van der Waals surface area contributed by atoms with E-state index in [2.05, 4.69) is 20.3 Å². The molecule has 28 heavy (non-hydrogen) atoms. The Balaban J connectivity index is 1.92. The summed E-state index contributed by atoms with van der Waals surface area (Å²) >= 11 is 0. The molecule has 0 radical (unpaired) electrons. The number of amides is 1. The van der Waals surface area contributed by atoms with Crippen molar-refractivity contribution >= 4 is 5.91 Å². The lowest BCUT2D eigenvalue weighted by atomic mass is 10.0. The van der Waals surface area contributed by atoms with Gasteiger partial charge in [-0.1, -0.05) is 44.2 Å². The minimum atomic E-state index is -0.310. The highest BCUT2D eigenvalue weighted by molar-refractivity contribution is 5.95. The van der Waals surface area contributed by atoms with Crippen LogP contribution in [0.3, 0.4) is 0 Å². The maximum Gasteiger partial charge on any atom is 0.252 e. The highest BCUT2D eigenvalue weighted by atomic mass is 16.1. The molecule has 0 saturated heterocycles. The Labute approximate surface area is 164 Å². The maximum atomic E-state index is 12.9. The van der Waals surface area contributed by atoms with Gasteiger partial charge >= 0.3 is 0 Å². The molecule has 1 unspecified atom stereocenters. The molecule has 3 rings (SSSR count). The van der Waals surface area contributed by atoms with Crippen molar-refractivity contribution in [1.82, 2.24) is 20.3 Å². The van der Waals surface area contributed by atoms with Crippen LogP contribution in [0.1, 0.15) is 58.8 Å². The molecule has 0 spiro atoms. The van der Waals surface area contributed by atoms with Crippen LogP contribution in [0.4, 0.5) is 0 Å². The Morgan fingerprint density at radius 1 is 1.18 bits per heavy atom. The quantitative estimate of drug-likeness (QED) is 0.691. The second-order valence-electron chi connectivity index (χ2n) is 7.11. The Kier molecular flexibility index (Phi) is 5.99. The number of nitrogens with zero attached hydrogens (tertiary/aromatic N) is 2. The number of hydrogen-bond acceptors (Lipinski definition) is 4. The fourth-order valence-corrected chi connectivity index (χ4v) is 3.02. The van der Waals surface area contributed by atoms with E-state index < -0.39 is 0 Å². The van der Waals surface area contributed by atoms with Crippen molar-refractivity contribution in [2.45, 2.75) is 39.2 Å². The zero-order valence-electron chi connectivity index (χ0n) is 16.3. The minimum absolute atomic E-state index is 0.108. The summed E-state index contributed by atoms with van der Waals surface area (Å²) in [5, 5.41) is 3.09. The monoisotopic (exact) mass is 376 g/mol. The molecule has 1 aromatic carbocycles. The second-order valence-corrected chi connectivity index (χ2v) is 7.11. The van der Waals surface area contributed by atoms with Crippen molar-refractivity contribution < 1.29 is 4.79 Å². The van der Waals surface area contributed by atoms with Gasteiger partial charge in [-0.15, -0.1) is 0 Å². The highest BCUT2D eigenvalue weighted by Gasteiger charge is 2.19. The summed E-state index contributed by atoms with van der Waals surface area (Å²) < 4.78 is 0. The van der Waals surface area contributed by atoms with E-state index in [1.165, 1.54) is 6.07 Å². The first-order valence-corrected chi connectivity index (χ1v) is 9.30. The summed E-state index contributed by atoms with van der Waals surface area (Å²) in [7, 11) is 0. The van der Waals surface area contributed by atoms with Gasteiger partial charge in [-0.2, -0.15) is 0 Å². The first kappa shape index (κ1) is 19.5. The van der Waals surface area contributed by atoms with Gasteiger partial charge < -0.3 is 10.3 Å². The number of pyridine rings is 1. The fraction of sp³-hybridized carbons (Fsp3) is 0.273. The zero-order valence-corrected chi connectivity index (χ0v) is 16.3. The lowest BCUT2D eigenvalue weighted by molar-refractivity contribution is 0.0935. The molecule has 2 N–H and O–H groups in total. The molecule has 0 saturated carbocycles. The molecule has 0 bridgehead atoms. The molecule has 0 aliphatic rings. The third-order valence-corrected chi connectivity index (χ3v) is 4.55. The van der Waals surface area contributed by atoms with Gasteiger partial charge in [0.05, 0.1) is 11.7 Å². The Bertz CT molecular complexity index is 1010. The first-order chi connectivity index (χ1) is 13.4. The Morgan fingerprint density at radius 2 is 1.93 bits per heavy atom. The predicted octanol–water partition coefficient (Wildman–Crippen LogP) is 3.31. The number of H-pyrrole nitrogens is 1. The number of carbonyl (C=O) groups excluding carboxylic acids is 1. The van der Waals surface area contributed by atoms with Crippen LogP contribution >= 0.6 is 0 Å². The average Bonchev–Trinajstić information content (AvgIpc) is 2.68. The number of hydrogen-bond donors (Lipinski definition) is 2. The van der Waals surface area contributed by atoms with Crippen LogP contribution in [0.25, 0.3) is 0 Å². The van der Waals surface area contributed by atoms with Crippen LogP contribution in [-0.2, 0) is 6.42 Å². The molecule has 1 atom stereocenters. The van der Waals surface area contributed by atoms with Gasteiger partial charge in [0, 0.05) is 36.4 Å². The van der Waals surface area contributed by atoms with E-state index in [0.717, 1.165) is 11.1 Å². The molecule has 0 aliphatic heterocycles. The Morgan fingerprint density at radius 3 is 2.61 bits per heavy atom. The third kappa shape index (κ3) is 4.71. The van der Waals surface area contributed by atoms with E-state index in [1.54, 1.807) is 18.5 Å². The molecular formula is C22H24N4O2. The molecule has 0 fully saturated rings. The largest absolute Gasteiger partial charge is 0.345 e. The number of nitrogens with one attached hydrogen (secondary N) is 2. The van der Waals surface area contributed by atoms with Crippen molar-refractivity contribution in [2.24, 2.45) is 0 Å². The van der Waals surface area contributed by atoms with Crippen molar-refractivity contribution in [3.63, 3.8) is 0 Å². The van der Waals surface area contributed by atoms with Gasteiger partial charge in [-0.25, -0.2) is 4.98 Å². The molecule has 1 amide bonds. The molecule has 2 aromatic heterocycles. The predicted molar refractivity (Wildman–Crippen MR) is 108 cm³/mol. The molecule has 144 valence electrons. The normalized spacial score (nSPS) is 12.0. The molecule has 0 aliphatic carbocycles. The summed E-state index contributed by atoms with van der Waals surface area (Å²) in [5.41, 5.74) is 2.81. The molecule has 3 aromatic rings. The van der Waals surface area contributed by atoms with Gasteiger partial charge in [0.2, 0.25) is 0 Å². The van der Waals surface area contributed by atoms with E-state index in [-0.39, 0.29) is 23.4 Å². The summed E-state index contributed by atoms with van der Waals surface area (Å²) in [6.45, 7) is 5.81. The van der Waals surface area contributed by atoms with E-state index in [1.807, 2.05) is 51.1 Å². The van der Waals surface area contributed by atoms with Gasteiger partial charge in [0.1, 0.15) is 5.82 Å². The van der Waals surface area contributed by atoms with Gasteiger partial charge in [-0.3, -0.25) is 14.6 Å². The maximum absolute atomic E-state index is 12.9. The standard InChI is InChI=1S/C22H24N4O2/c1-14(2)21-24-17(12-20(27)26-21)11-19(16-7-5-4-6-8-16)25-22(28)18-9-10-23-13-15(18)3/h4-10,12-14,19H,11H2,1-3H3,(H,25,28)(H,24,26,27). The summed E-state index contributed by atoms with van der Waals surface area (Å²) in [6.07, 6.45) is 3.69. The van der Waals surface area contributed by atoms with E-state index in [9.17, 15) is 9.59 Å². The lowest BCUT2D eigenvalue weighted by Crippen LogP contribution is -2.31. The van der Waals surface area contributed by atoms with Crippen LogP contribution in [-0.4, -0.2) is 20.9 Å². The van der Waals surface area contributed by atoms with E-state index >= 15 is 0 Å². The van der Waals surface area contributed by atoms with Gasteiger partial charge in [-0.05, 0) is 24.1 Å². The summed E-state index contributed by atoms with van der Waals surface area (Å²) in [4.78, 5) is 36.3. The van der Waals surface area contributed by atoms with Gasteiger partial charge in [0.15, 0.2) is 0 Å². The topological polar surface area (TPSA) is 87.7 Å². The SMILES string of the molecule is Cc1cnccc1C(=O)NC(Cc1cc(=O)[nH]c(C(C)C)n1)c1ccccc1. The number of benzene rings is 1. The van der Waals surface area contributed by atoms with Crippen LogP contribution in [0.2, 0.25) is 0 Å². The van der Waals surface area contributed by atoms with Crippen LogP contribution in [0.5, 0.6) is 0 Å². The zero-order chi connectivity index (χ0) is 20.1. The van der Waals surface area contributed by atoms with Crippen molar-refractivity contribution in [3.05, 3.63) is 93.4 Å². The van der Waals surface area contributed by atoms with E-state index in [4.69, 9.17) is 0 Å². The Hall–Kier alpha value is -3.28. The smallest absolute Gasteiger partial charge is 0.252 e. The minimum Gasteiger partial charge on any atom is -0.345 e. The number of carbonyl (C=O) groups is 1. The van der Waals surface area contributed by atoms with Gasteiger partial charge in [0.25, 0.3) is 11.5 Å². The number of aryl methyl sites for hydroxylation is 1. The number of aromatic nitrogens is 3. The summed E-state index contributed by atoms with van der Waals surface area (Å²) in [6, 6.07) is 12.6. The molecular weight excluding hydrogens is 352 g/mol. The van der Waals surface area contributed by atoms with Crippen molar-refractivity contribution in [3.8, 4) is 0 Å². The first-order valence-electron chi connectivity index (χ1n) is 9.30. The average molecular weight is 376 g/mol.